The van der Waals surface area contributed by atoms with Gasteiger partial charge in [0, 0.05) is 27.5 Å². The van der Waals surface area contributed by atoms with Gasteiger partial charge in [0.25, 0.3) is 0 Å². The van der Waals surface area contributed by atoms with Crippen molar-refractivity contribution < 1.29 is 13.7 Å². The van der Waals surface area contributed by atoms with Gasteiger partial charge in [0.05, 0.1) is 5.57 Å². The summed E-state index contributed by atoms with van der Waals surface area (Å²) >= 11 is 0. The molecule has 0 bridgehead atoms. The number of rotatable bonds is 3. The van der Waals surface area contributed by atoms with Gasteiger partial charge < -0.3 is 4.74 Å². The van der Waals surface area contributed by atoms with Gasteiger partial charge in [0.1, 0.15) is 6.61 Å². The molecule has 120 valence electrons. The van der Waals surface area contributed by atoms with E-state index in [1.165, 1.54) is 0 Å². The summed E-state index contributed by atoms with van der Waals surface area (Å²) in [6.45, 7) is 4.28. The Labute approximate surface area is 139 Å². The number of benzene rings is 2. The van der Waals surface area contributed by atoms with Gasteiger partial charge in [-0.05, 0) is 23.3 Å². The second-order valence-electron chi connectivity index (χ2n) is 4.77. The van der Waals surface area contributed by atoms with Crippen molar-refractivity contribution in [3.05, 3.63) is 65.7 Å². The largest absolute Gasteiger partial charge is 0.457 e. The maximum atomic E-state index is 12.0. The summed E-state index contributed by atoms with van der Waals surface area (Å²) in [5.74, 6) is -0.292. The number of cyclic esters (lactones) is 1. The van der Waals surface area contributed by atoms with Crippen molar-refractivity contribution in [1.82, 2.24) is 0 Å². The standard InChI is InChI=1S/C17H14O3S.C2H6/c1-21(19)14-9-7-12(8-10-14)15-11-20-17(18)16(15)13-5-3-2-4-6-13;1-2/h2-10H,11H2,1H3;1-2H3. The maximum absolute atomic E-state index is 12.0. The highest BCUT2D eigenvalue weighted by molar-refractivity contribution is 7.84. The minimum atomic E-state index is -1.00. The van der Waals surface area contributed by atoms with E-state index in [9.17, 15) is 9.00 Å². The van der Waals surface area contributed by atoms with Crippen molar-refractivity contribution in [3.8, 4) is 0 Å². The molecule has 0 N–H and O–H groups in total. The Hall–Kier alpha value is -2.20. The highest BCUT2D eigenvalue weighted by Crippen LogP contribution is 2.32. The first-order valence-electron chi connectivity index (χ1n) is 7.56. The third-order valence-electron chi connectivity index (χ3n) is 3.45. The van der Waals surface area contributed by atoms with Gasteiger partial charge in [-0.2, -0.15) is 0 Å². The van der Waals surface area contributed by atoms with Crippen LogP contribution in [-0.4, -0.2) is 23.0 Å². The fourth-order valence-corrected chi connectivity index (χ4v) is 2.90. The molecule has 0 amide bonds. The molecule has 1 aliphatic rings. The van der Waals surface area contributed by atoms with E-state index in [-0.39, 0.29) is 12.6 Å². The summed E-state index contributed by atoms with van der Waals surface area (Å²) in [7, 11) is -1.00. The average Bonchev–Trinajstić information content (AvgIpc) is 2.99. The van der Waals surface area contributed by atoms with Gasteiger partial charge in [-0.25, -0.2) is 4.79 Å². The molecule has 0 saturated heterocycles. The monoisotopic (exact) mass is 328 g/mol. The molecule has 0 fully saturated rings. The second-order valence-corrected chi connectivity index (χ2v) is 6.15. The Kier molecular flexibility index (Phi) is 5.88. The van der Waals surface area contributed by atoms with Crippen molar-refractivity contribution in [1.29, 1.82) is 0 Å². The molecular weight excluding hydrogens is 308 g/mol. The van der Waals surface area contributed by atoms with Gasteiger partial charge in [-0.1, -0.05) is 56.3 Å². The highest BCUT2D eigenvalue weighted by Gasteiger charge is 2.26. The van der Waals surface area contributed by atoms with Crippen LogP contribution in [0.15, 0.2) is 59.5 Å². The van der Waals surface area contributed by atoms with Gasteiger partial charge in [-0.15, -0.1) is 0 Å². The first-order valence-corrected chi connectivity index (χ1v) is 9.12. The number of ether oxygens (including phenoxy) is 1. The SMILES string of the molecule is CC.CS(=O)c1ccc(C2=C(c3ccccc3)C(=O)OC2)cc1. The van der Waals surface area contributed by atoms with Crippen LogP contribution >= 0.6 is 0 Å². The molecule has 0 spiro atoms. The summed E-state index contributed by atoms with van der Waals surface area (Å²) in [5, 5.41) is 0. The number of hydrogen-bond donors (Lipinski definition) is 0. The van der Waals surface area contributed by atoms with Crippen LogP contribution in [0.3, 0.4) is 0 Å². The zero-order chi connectivity index (χ0) is 16.8. The van der Waals surface area contributed by atoms with Crippen LogP contribution in [0.4, 0.5) is 0 Å². The van der Waals surface area contributed by atoms with Crippen LogP contribution in [0.5, 0.6) is 0 Å². The number of carbonyl (C=O) groups is 1. The summed E-state index contributed by atoms with van der Waals surface area (Å²) < 4.78 is 16.6. The molecule has 2 aromatic rings. The van der Waals surface area contributed by atoms with Crippen molar-refractivity contribution >= 4 is 27.9 Å². The first kappa shape index (κ1) is 17.2. The zero-order valence-electron chi connectivity index (χ0n) is 13.5. The minimum absolute atomic E-state index is 0.275. The lowest BCUT2D eigenvalue weighted by Crippen LogP contribution is -1.98. The fraction of sp³-hybridized carbons (Fsp3) is 0.211. The second kappa shape index (κ2) is 7.88. The number of esters is 1. The molecule has 4 heteroatoms. The lowest BCUT2D eigenvalue weighted by molar-refractivity contribution is -0.133. The van der Waals surface area contributed by atoms with Crippen molar-refractivity contribution in [2.45, 2.75) is 18.7 Å². The van der Waals surface area contributed by atoms with E-state index in [1.807, 2.05) is 68.4 Å². The quantitative estimate of drug-likeness (QED) is 0.802. The molecular formula is C19H20O3S. The predicted octanol–water partition coefficient (Wildman–Crippen LogP) is 3.92. The highest BCUT2D eigenvalue weighted by atomic mass is 32.2. The molecule has 0 aliphatic carbocycles. The molecule has 1 unspecified atom stereocenters. The molecule has 1 atom stereocenters. The smallest absolute Gasteiger partial charge is 0.339 e. The fourth-order valence-electron chi connectivity index (χ4n) is 2.38. The molecule has 3 nitrogen and oxygen atoms in total. The summed E-state index contributed by atoms with van der Waals surface area (Å²) in [6.07, 6.45) is 1.64. The maximum Gasteiger partial charge on any atom is 0.339 e. The molecule has 23 heavy (non-hydrogen) atoms. The summed E-state index contributed by atoms with van der Waals surface area (Å²) in [6, 6.07) is 16.9. The van der Waals surface area contributed by atoms with Crippen LogP contribution < -0.4 is 0 Å². The summed E-state index contributed by atoms with van der Waals surface area (Å²) in [5.41, 5.74) is 3.27. The van der Waals surface area contributed by atoms with Gasteiger partial charge in [0.2, 0.25) is 0 Å². The van der Waals surface area contributed by atoms with Crippen molar-refractivity contribution in [3.63, 3.8) is 0 Å². The van der Waals surface area contributed by atoms with Crippen molar-refractivity contribution in [2.75, 3.05) is 12.9 Å². The lowest BCUT2D eigenvalue weighted by atomic mass is 9.97. The first-order chi connectivity index (χ1) is 11.2. The van der Waals surface area contributed by atoms with E-state index in [1.54, 1.807) is 6.26 Å². The van der Waals surface area contributed by atoms with Gasteiger partial charge in [-0.3, -0.25) is 4.21 Å². The molecule has 2 aromatic carbocycles. The van der Waals surface area contributed by atoms with Gasteiger partial charge in [0.15, 0.2) is 0 Å². The van der Waals surface area contributed by atoms with Crippen molar-refractivity contribution in [2.24, 2.45) is 0 Å². The Morgan fingerprint density at radius 2 is 1.52 bits per heavy atom. The normalized spacial score (nSPS) is 14.8. The number of carbonyl (C=O) groups excluding carboxylic acids is 1. The van der Waals surface area contributed by atoms with E-state index >= 15 is 0 Å². The average molecular weight is 328 g/mol. The van der Waals surface area contributed by atoms with Crippen LogP contribution in [0.2, 0.25) is 0 Å². The Morgan fingerprint density at radius 1 is 0.913 bits per heavy atom. The van der Waals surface area contributed by atoms with Crippen LogP contribution in [0.25, 0.3) is 11.1 Å². The van der Waals surface area contributed by atoms with Crippen LogP contribution in [0.1, 0.15) is 25.0 Å². The number of hydrogen-bond acceptors (Lipinski definition) is 3. The van der Waals surface area contributed by atoms with Crippen LogP contribution in [0, 0.1) is 0 Å². The lowest BCUT2D eigenvalue weighted by Gasteiger charge is -2.05. The topological polar surface area (TPSA) is 43.4 Å². The Morgan fingerprint density at radius 3 is 2.09 bits per heavy atom. The molecule has 1 aliphatic heterocycles. The van der Waals surface area contributed by atoms with E-state index in [4.69, 9.17) is 4.74 Å². The molecule has 0 radical (unpaired) electrons. The third kappa shape index (κ3) is 3.77. The Bertz CT molecular complexity index is 731. The van der Waals surface area contributed by atoms with Gasteiger partial charge >= 0.3 is 5.97 Å². The van der Waals surface area contributed by atoms with E-state index in [0.29, 0.717) is 5.57 Å². The van der Waals surface area contributed by atoms with Crippen LogP contribution in [-0.2, 0) is 20.3 Å². The zero-order valence-corrected chi connectivity index (χ0v) is 14.4. The van der Waals surface area contributed by atoms with E-state index < -0.39 is 10.8 Å². The van der Waals surface area contributed by atoms with E-state index in [0.717, 1.165) is 21.6 Å². The molecule has 0 saturated carbocycles. The third-order valence-corrected chi connectivity index (χ3v) is 4.39. The molecule has 1 heterocycles. The Balaban J connectivity index is 0.000000924. The van der Waals surface area contributed by atoms with E-state index in [2.05, 4.69) is 0 Å². The minimum Gasteiger partial charge on any atom is -0.457 e. The predicted molar refractivity (Wildman–Crippen MR) is 94.3 cm³/mol. The molecule has 0 aromatic heterocycles. The molecule has 3 rings (SSSR count). The summed E-state index contributed by atoms with van der Waals surface area (Å²) in [4.78, 5) is 12.8.